The van der Waals surface area contributed by atoms with Crippen molar-refractivity contribution in [1.82, 2.24) is 15.1 Å². The fourth-order valence-electron chi connectivity index (χ4n) is 2.71. The van der Waals surface area contributed by atoms with Gasteiger partial charge < -0.3 is 9.80 Å². The van der Waals surface area contributed by atoms with E-state index < -0.39 is 4.92 Å². The van der Waals surface area contributed by atoms with Gasteiger partial charge in [0.1, 0.15) is 5.56 Å². The van der Waals surface area contributed by atoms with Crippen LogP contribution in [0, 0.1) is 17.0 Å². The molecule has 2 aromatic rings. The highest BCUT2D eigenvalue weighted by atomic mass is 35.5. The third-order valence-corrected chi connectivity index (χ3v) is 4.30. The van der Waals surface area contributed by atoms with Crippen LogP contribution in [0.2, 0.25) is 5.02 Å². The smallest absolute Gasteiger partial charge is 0.282 e. The van der Waals surface area contributed by atoms with Gasteiger partial charge in [0.25, 0.3) is 11.6 Å². The van der Waals surface area contributed by atoms with E-state index in [2.05, 4.69) is 10.2 Å². The first kappa shape index (κ1) is 17.1. The lowest BCUT2D eigenvalue weighted by Gasteiger charge is -2.35. The summed E-state index contributed by atoms with van der Waals surface area (Å²) in [4.78, 5) is 26.9. The van der Waals surface area contributed by atoms with Gasteiger partial charge in [-0.2, -0.15) is 5.10 Å². The molecule has 9 heteroatoms. The zero-order chi connectivity index (χ0) is 18.0. The number of hydrogen-bond donors (Lipinski definition) is 0. The summed E-state index contributed by atoms with van der Waals surface area (Å²) < 4.78 is 0. The molecule has 0 saturated carbocycles. The van der Waals surface area contributed by atoms with E-state index in [0.29, 0.717) is 31.2 Å². The summed E-state index contributed by atoms with van der Waals surface area (Å²) in [6.45, 7) is 3.91. The second-order valence-electron chi connectivity index (χ2n) is 5.73. The normalized spacial score (nSPS) is 14.5. The molecule has 0 N–H and O–H groups in total. The maximum absolute atomic E-state index is 12.7. The van der Waals surface area contributed by atoms with Gasteiger partial charge >= 0.3 is 0 Å². The number of benzene rings is 1. The van der Waals surface area contributed by atoms with E-state index in [-0.39, 0.29) is 17.2 Å². The minimum absolute atomic E-state index is 0.0149. The molecule has 8 nitrogen and oxygen atoms in total. The molecule has 1 fully saturated rings. The van der Waals surface area contributed by atoms with E-state index >= 15 is 0 Å². The van der Waals surface area contributed by atoms with E-state index in [9.17, 15) is 14.9 Å². The van der Waals surface area contributed by atoms with Gasteiger partial charge in [-0.3, -0.25) is 14.9 Å². The van der Waals surface area contributed by atoms with Gasteiger partial charge in [0.05, 0.1) is 10.6 Å². The number of nitro benzene ring substituents is 1. The van der Waals surface area contributed by atoms with E-state index in [1.165, 1.54) is 18.2 Å². The van der Waals surface area contributed by atoms with E-state index in [1.54, 1.807) is 4.90 Å². The average Bonchev–Trinajstić information content (AvgIpc) is 2.61. The lowest BCUT2D eigenvalue weighted by atomic mass is 10.1. The van der Waals surface area contributed by atoms with Gasteiger partial charge in [0.15, 0.2) is 5.82 Å². The van der Waals surface area contributed by atoms with Crippen LogP contribution in [-0.4, -0.2) is 52.1 Å². The standard InChI is InChI=1S/C16H16ClN5O3/c1-11-2-5-15(19-18-11)20-6-8-21(9-7-20)16(23)13-10-12(17)3-4-14(13)22(24)25/h2-5,10H,6-9H2,1H3. The molecule has 1 aromatic carbocycles. The van der Waals surface area contributed by atoms with Crippen LogP contribution < -0.4 is 4.90 Å². The third-order valence-electron chi connectivity index (χ3n) is 4.06. The molecule has 0 atom stereocenters. The SMILES string of the molecule is Cc1ccc(N2CCN(C(=O)c3cc(Cl)ccc3[N+](=O)[O-])CC2)nn1. The zero-order valence-corrected chi connectivity index (χ0v) is 14.3. The first-order valence-corrected chi connectivity index (χ1v) is 8.12. The molecule has 0 spiro atoms. The highest BCUT2D eigenvalue weighted by Crippen LogP contribution is 2.25. The second-order valence-corrected chi connectivity index (χ2v) is 6.17. The maximum atomic E-state index is 12.7. The van der Waals surface area contributed by atoms with Crippen molar-refractivity contribution in [1.29, 1.82) is 0 Å². The van der Waals surface area contributed by atoms with Gasteiger partial charge in [-0.15, -0.1) is 5.10 Å². The van der Waals surface area contributed by atoms with Crippen molar-refractivity contribution in [2.45, 2.75) is 6.92 Å². The quantitative estimate of drug-likeness (QED) is 0.615. The average molecular weight is 362 g/mol. The minimum Gasteiger partial charge on any atom is -0.352 e. The predicted molar refractivity (Wildman–Crippen MR) is 93.0 cm³/mol. The number of nitrogens with zero attached hydrogens (tertiary/aromatic N) is 5. The van der Waals surface area contributed by atoms with Crippen LogP contribution in [0.25, 0.3) is 0 Å². The van der Waals surface area contributed by atoms with Crippen molar-refractivity contribution < 1.29 is 9.72 Å². The molecule has 0 aliphatic carbocycles. The Morgan fingerprint density at radius 1 is 1.16 bits per heavy atom. The summed E-state index contributed by atoms with van der Waals surface area (Å²) in [5.41, 5.74) is 0.619. The largest absolute Gasteiger partial charge is 0.352 e. The Bertz CT molecular complexity index is 804. The van der Waals surface area contributed by atoms with Crippen LogP contribution in [-0.2, 0) is 0 Å². The number of halogens is 1. The van der Waals surface area contributed by atoms with Crippen molar-refractivity contribution >= 4 is 29.0 Å². The highest BCUT2D eigenvalue weighted by Gasteiger charge is 2.28. The first-order valence-electron chi connectivity index (χ1n) is 7.74. The summed E-state index contributed by atoms with van der Waals surface area (Å²) in [5, 5.41) is 19.6. The predicted octanol–water partition coefficient (Wildman–Crippen LogP) is 2.31. The lowest BCUT2D eigenvalue weighted by Crippen LogP contribution is -2.49. The summed E-state index contributed by atoms with van der Waals surface area (Å²) in [6.07, 6.45) is 0. The molecule has 1 amide bonds. The Labute approximate surface area is 149 Å². The summed E-state index contributed by atoms with van der Waals surface area (Å²) in [6, 6.07) is 7.79. The number of piperazine rings is 1. The van der Waals surface area contributed by atoms with Crippen LogP contribution >= 0.6 is 11.6 Å². The van der Waals surface area contributed by atoms with Crippen molar-refractivity contribution in [3.8, 4) is 0 Å². The molecule has 0 radical (unpaired) electrons. The molecule has 130 valence electrons. The molecule has 1 aliphatic heterocycles. The number of rotatable bonds is 3. The number of hydrogen-bond acceptors (Lipinski definition) is 6. The van der Waals surface area contributed by atoms with Crippen molar-refractivity contribution in [2.75, 3.05) is 31.1 Å². The molecule has 1 saturated heterocycles. The topological polar surface area (TPSA) is 92.5 Å². The summed E-state index contributed by atoms with van der Waals surface area (Å²) in [7, 11) is 0. The van der Waals surface area contributed by atoms with Gasteiger partial charge in [-0.25, -0.2) is 0 Å². The van der Waals surface area contributed by atoms with Crippen molar-refractivity contribution in [3.63, 3.8) is 0 Å². The van der Waals surface area contributed by atoms with E-state index in [1.807, 2.05) is 24.0 Å². The second kappa shape index (κ2) is 7.02. The van der Waals surface area contributed by atoms with Crippen LogP contribution in [0.3, 0.4) is 0 Å². The van der Waals surface area contributed by atoms with E-state index in [4.69, 9.17) is 11.6 Å². The van der Waals surface area contributed by atoms with Crippen molar-refractivity contribution in [3.05, 3.63) is 56.7 Å². The summed E-state index contributed by atoms with van der Waals surface area (Å²) >= 11 is 5.90. The zero-order valence-electron chi connectivity index (χ0n) is 13.6. The molecule has 0 unspecified atom stereocenters. The van der Waals surface area contributed by atoms with Gasteiger partial charge in [-0.05, 0) is 31.2 Å². The Morgan fingerprint density at radius 2 is 1.88 bits per heavy atom. The first-order chi connectivity index (χ1) is 12.0. The molecule has 25 heavy (non-hydrogen) atoms. The maximum Gasteiger partial charge on any atom is 0.282 e. The Hall–Kier alpha value is -2.74. The van der Waals surface area contributed by atoms with Crippen LogP contribution in [0.1, 0.15) is 16.1 Å². The van der Waals surface area contributed by atoms with Crippen LogP contribution in [0.4, 0.5) is 11.5 Å². The fraction of sp³-hybridized carbons (Fsp3) is 0.312. The fourth-order valence-corrected chi connectivity index (χ4v) is 2.88. The molecular formula is C16H16ClN5O3. The number of carbonyl (C=O) groups excluding carboxylic acids is 1. The minimum atomic E-state index is -0.568. The molecule has 1 aromatic heterocycles. The molecule has 3 rings (SSSR count). The monoisotopic (exact) mass is 361 g/mol. The van der Waals surface area contributed by atoms with Gasteiger partial charge in [-0.1, -0.05) is 11.6 Å². The third kappa shape index (κ3) is 3.69. The Kier molecular flexibility index (Phi) is 4.80. The number of aryl methyl sites for hydroxylation is 1. The van der Waals surface area contributed by atoms with Crippen molar-refractivity contribution in [2.24, 2.45) is 0 Å². The number of anilines is 1. The lowest BCUT2D eigenvalue weighted by molar-refractivity contribution is -0.385. The van der Waals surface area contributed by atoms with Gasteiger partial charge in [0.2, 0.25) is 0 Å². The Balaban J connectivity index is 1.73. The number of aromatic nitrogens is 2. The van der Waals surface area contributed by atoms with Gasteiger partial charge in [0, 0.05) is 37.3 Å². The molecule has 2 heterocycles. The van der Waals surface area contributed by atoms with E-state index in [0.717, 1.165) is 11.5 Å². The number of amides is 1. The molecule has 1 aliphatic rings. The van der Waals surface area contributed by atoms with Crippen LogP contribution in [0.5, 0.6) is 0 Å². The molecular weight excluding hydrogens is 346 g/mol. The Morgan fingerprint density at radius 3 is 2.48 bits per heavy atom. The summed E-state index contributed by atoms with van der Waals surface area (Å²) in [5.74, 6) is 0.371. The highest BCUT2D eigenvalue weighted by molar-refractivity contribution is 6.31. The number of nitro groups is 1. The van der Waals surface area contributed by atoms with Crippen LogP contribution in [0.15, 0.2) is 30.3 Å². The number of carbonyl (C=O) groups is 1. The molecule has 0 bridgehead atoms.